The lowest BCUT2D eigenvalue weighted by Gasteiger charge is -2.38. The van der Waals surface area contributed by atoms with Crippen LogP contribution in [-0.4, -0.2) is 69.1 Å². The molecule has 0 aliphatic carbocycles. The Kier molecular flexibility index (Phi) is 7.07. The number of rotatable bonds is 9. The topological polar surface area (TPSA) is 95.9 Å². The van der Waals surface area contributed by atoms with E-state index in [1.807, 2.05) is 20.8 Å². The molecule has 2 N–H and O–H groups in total. The highest BCUT2D eigenvalue weighted by Gasteiger charge is 2.74. The molecule has 3 fully saturated rings. The van der Waals surface area contributed by atoms with Gasteiger partial charge in [-0.15, -0.1) is 11.8 Å². The van der Waals surface area contributed by atoms with E-state index in [4.69, 9.17) is 4.74 Å². The Morgan fingerprint density at radius 1 is 1.33 bits per heavy atom. The van der Waals surface area contributed by atoms with Crippen LogP contribution >= 0.6 is 11.8 Å². The van der Waals surface area contributed by atoms with Gasteiger partial charge in [0, 0.05) is 11.3 Å². The number of hydrogen-bond acceptors (Lipinski definition) is 6. The van der Waals surface area contributed by atoms with Crippen molar-refractivity contribution in [3.63, 3.8) is 0 Å². The normalized spacial score (nSPS) is 34.2. The van der Waals surface area contributed by atoms with Crippen LogP contribution in [0.25, 0.3) is 0 Å². The summed E-state index contributed by atoms with van der Waals surface area (Å²) in [6.07, 6.45) is 3.33. The number of thioether (sulfide) groups is 1. The van der Waals surface area contributed by atoms with E-state index in [0.717, 1.165) is 25.7 Å². The molecule has 3 rings (SSSR count). The molecule has 0 saturated carbocycles. The van der Waals surface area contributed by atoms with E-state index in [0.29, 0.717) is 0 Å². The van der Waals surface area contributed by atoms with Crippen molar-refractivity contribution in [2.24, 2.45) is 17.8 Å². The van der Waals surface area contributed by atoms with Crippen LogP contribution in [0.4, 0.5) is 0 Å². The van der Waals surface area contributed by atoms with Crippen molar-refractivity contribution < 1.29 is 24.2 Å². The number of ether oxygens (including phenoxy) is 1. The Balaban J connectivity index is 2.02. The molecule has 0 radical (unpaired) electrons. The Morgan fingerprint density at radius 2 is 2.03 bits per heavy atom. The number of esters is 1. The monoisotopic (exact) mass is 440 g/mol. The number of nitrogens with zero attached hydrogens (tertiary/aromatic N) is 1. The molecule has 1 spiro atoms. The standard InChI is InChI=1S/C22H36N2O5S/c1-6-8-13(5)23-19(26)18-22-10-9-15(30-22)16(21(28)29-7-2)17(22)20(27)24(18)14(11-25)12(3)4/h12-18,25H,6-11H2,1-5H3,(H,23,26)/t13?,14-,15+,16-,17-,18?,22?/m0/s1. The van der Waals surface area contributed by atoms with E-state index in [2.05, 4.69) is 12.2 Å². The zero-order valence-corrected chi connectivity index (χ0v) is 19.5. The summed E-state index contributed by atoms with van der Waals surface area (Å²) in [7, 11) is 0. The Hall–Kier alpha value is -1.28. The summed E-state index contributed by atoms with van der Waals surface area (Å²) in [6.45, 7) is 9.77. The van der Waals surface area contributed by atoms with Gasteiger partial charge in [0.1, 0.15) is 6.04 Å². The Labute approximate surface area is 183 Å². The molecular formula is C22H36N2O5S. The third-order valence-corrected chi connectivity index (χ3v) is 8.92. The fourth-order valence-corrected chi connectivity index (χ4v) is 7.89. The minimum Gasteiger partial charge on any atom is -0.466 e. The molecule has 30 heavy (non-hydrogen) atoms. The van der Waals surface area contributed by atoms with Crippen LogP contribution in [0, 0.1) is 17.8 Å². The van der Waals surface area contributed by atoms with Gasteiger partial charge in [0.2, 0.25) is 11.8 Å². The van der Waals surface area contributed by atoms with E-state index in [1.54, 1.807) is 23.6 Å². The number of hydrogen-bond donors (Lipinski definition) is 2. The van der Waals surface area contributed by atoms with Crippen molar-refractivity contribution >= 4 is 29.5 Å². The van der Waals surface area contributed by atoms with Gasteiger partial charge in [0.25, 0.3) is 0 Å². The van der Waals surface area contributed by atoms with E-state index in [-0.39, 0.29) is 48.2 Å². The van der Waals surface area contributed by atoms with Gasteiger partial charge >= 0.3 is 5.97 Å². The maximum Gasteiger partial charge on any atom is 0.310 e. The first-order valence-corrected chi connectivity index (χ1v) is 12.2. The van der Waals surface area contributed by atoms with Gasteiger partial charge < -0.3 is 20.1 Å². The third-order valence-electron chi connectivity index (χ3n) is 6.97. The van der Waals surface area contributed by atoms with E-state index < -0.39 is 28.7 Å². The maximum atomic E-state index is 13.7. The second-order valence-corrected chi connectivity index (χ2v) is 10.8. The van der Waals surface area contributed by atoms with Crippen LogP contribution < -0.4 is 5.32 Å². The zero-order valence-electron chi connectivity index (χ0n) is 18.7. The molecule has 3 saturated heterocycles. The molecule has 8 heteroatoms. The number of fused-ring (bicyclic) bond motifs is 1. The predicted molar refractivity (Wildman–Crippen MR) is 116 cm³/mol. The fourth-order valence-electron chi connectivity index (χ4n) is 5.70. The van der Waals surface area contributed by atoms with E-state index >= 15 is 0 Å². The average molecular weight is 441 g/mol. The van der Waals surface area contributed by atoms with Gasteiger partial charge in [-0.3, -0.25) is 14.4 Å². The van der Waals surface area contributed by atoms with Crippen LogP contribution in [0.2, 0.25) is 0 Å². The quantitative estimate of drug-likeness (QED) is 0.532. The SMILES string of the molecule is CCCC(C)NC(=O)C1N([C@@H](CO)C(C)C)C(=O)[C@@H]2[C@@H](C(=O)OCC)[C@H]3CCC12S3. The first kappa shape index (κ1) is 23.4. The average Bonchev–Trinajstić information content (AvgIpc) is 3.30. The molecule has 3 aliphatic rings. The number of likely N-dealkylation sites (tertiary alicyclic amines) is 1. The molecule has 0 aromatic carbocycles. The van der Waals surface area contributed by atoms with E-state index in [1.165, 1.54) is 0 Å². The molecule has 3 aliphatic heterocycles. The predicted octanol–water partition coefficient (Wildman–Crippen LogP) is 1.96. The number of aliphatic hydroxyl groups is 1. The van der Waals surface area contributed by atoms with Gasteiger partial charge in [-0.1, -0.05) is 27.2 Å². The van der Waals surface area contributed by atoms with Crippen molar-refractivity contribution in [1.29, 1.82) is 0 Å². The first-order valence-electron chi connectivity index (χ1n) is 11.3. The Bertz CT molecular complexity index is 686. The molecule has 7 atom stereocenters. The maximum absolute atomic E-state index is 13.7. The molecule has 0 aromatic heterocycles. The lowest BCUT2D eigenvalue weighted by Crippen LogP contribution is -2.58. The second kappa shape index (κ2) is 9.07. The van der Waals surface area contributed by atoms with Crippen LogP contribution in [0.1, 0.15) is 60.3 Å². The van der Waals surface area contributed by atoms with Gasteiger partial charge in [-0.2, -0.15) is 0 Å². The molecule has 170 valence electrons. The number of amides is 2. The Morgan fingerprint density at radius 3 is 2.60 bits per heavy atom. The largest absolute Gasteiger partial charge is 0.466 e. The zero-order chi connectivity index (χ0) is 22.2. The van der Waals surface area contributed by atoms with Crippen LogP contribution in [0.5, 0.6) is 0 Å². The molecule has 7 nitrogen and oxygen atoms in total. The number of carbonyl (C=O) groups is 3. The fraction of sp³-hybridized carbons (Fsp3) is 0.864. The smallest absolute Gasteiger partial charge is 0.310 e. The molecule has 0 aromatic rings. The third kappa shape index (κ3) is 3.64. The van der Waals surface area contributed by atoms with Crippen LogP contribution in [0.3, 0.4) is 0 Å². The number of carbonyl (C=O) groups excluding carboxylic acids is 3. The van der Waals surface area contributed by atoms with Crippen LogP contribution in [-0.2, 0) is 19.1 Å². The van der Waals surface area contributed by atoms with Crippen molar-refractivity contribution in [3.05, 3.63) is 0 Å². The van der Waals surface area contributed by atoms with Crippen LogP contribution in [0.15, 0.2) is 0 Å². The van der Waals surface area contributed by atoms with Gasteiger partial charge in [0.15, 0.2) is 0 Å². The molecule has 3 heterocycles. The lowest BCUT2D eigenvalue weighted by atomic mass is 9.71. The van der Waals surface area contributed by atoms with E-state index in [9.17, 15) is 19.5 Å². The summed E-state index contributed by atoms with van der Waals surface area (Å²) in [5.41, 5.74) is 0. The summed E-state index contributed by atoms with van der Waals surface area (Å²) in [5.74, 6) is -1.77. The van der Waals surface area contributed by atoms with Gasteiger partial charge in [-0.05, 0) is 39.0 Å². The van der Waals surface area contributed by atoms with Gasteiger partial charge in [-0.25, -0.2) is 0 Å². The first-order chi connectivity index (χ1) is 14.2. The second-order valence-electron chi connectivity index (χ2n) is 9.25. The van der Waals surface area contributed by atoms with Crippen molar-refractivity contribution in [2.75, 3.05) is 13.2 Å². The van der Waals surface area contributed by atoms with Crippen molar-refractivity contribution in [1.82, 2.24) is 10.2 Å². The number of aliphatic hydroxyl groups excluding tert-OH is 1. The number of nitrogens with one attached hydrogen (secondary N) is 1. The minimum atomic E-state index is -0.678. The molecule has 2 bridgehead atoms. The highest BCUT2D eigenvalue weighted by atomic mass is 32.2. The summed E-state index contributed by atoms with van der Waals surface area (Å²) in [4.78, 5) is 41.7. The summed E-state index contributed by atoms with van der Waals surface area (Å²) in [6, 6.07) is -1.13. The molecule has 2 amide bonds. The highest BCUT2D eigenvalue weighted by Crippen LogP contribution is 2.66. The molecular weight excluding hydrogens is 404 g/mol. The van der Waals surface area contributed by atoms with Gasteiger partial charge in [0.05, 0.1) is 35.8 Å². The van der Waals surface area contributed by atoms with Crippen molar-refractivity contribution in [2.45, 2.75) is 88.4 Å². The molecule has 3 unspecified atom stereocenters. The lowest BCUT2D eigenvalue weighted by molar-refractivity contribution is -0.154. The summed E-state index contributed by atoms with van der Waals surface area (Å²) >= 11 is 1.63. The summed E-state index contributed by atoms with van der Waals surface area (Å²) in [5, 5.41) is 13.2. The minimum absolute atomic E-state index is 0.00554. The van der Waals surface area contributed by atoms with Crippen molar-refractivity contribution in [3.8, 4) is 0 Å². The highest BCUT2D eigenvalue weighted by molar-refractivity contribution is 8.02. The summed E-state index contributed by atoms with van der Waals surface area (Å²) < 4.78 is 4.69.